The van der Waals surface area contributed by atoms with Crippen molar-refractivity contribution in [2.75, 3.05) is 12.9 Å². The topological polar surface area (TPSA) is 49.3 Å². The van der Waals surface area contributed by atoms with Gasteiger partial charge in [0.2, 0.25) is 5.91 Å². The maximum atomic E-state index is 11.2. The molecule has 3 atom stereocenters. The lowest BCUT2D eigenvalue weighted by molar-refractivity contribution is -0.120. The van der Waals surface area contributed by atoms with E-state index in [1.165, 1.54) is 0 Å². The molecule has 0 spiro atoms. The summed E-state index contributed by atoms with van der Waals surface area (Å²) in [5.74, 6) is -0.0417. The fourth-order valence-electron chi connectivity index (χ4n) is 0.869. The van der Waals surface area contributed by atoms with Crippen LogP contribution in [0.1, 0.15) is 13.8 Å². The minimum absolute atomic E-state index is 0.00694. The molecule has 0 aromatic heterocycles. The Balaban J connectivity index is 3.97. The SMILES string of the molecule is CSC(CO)C(C)NC(=O)C(C)Br. The van der Waals surface area contributed by atoms with Crippen molar-refractivity contribution in [1.82, 2.24) is 5.32 Å². The van der Waals surface area contributed by atoms with Crippen molar-refractivity contribution in [3.05, 3.63) is 0 Å². The van der Waals surface area contributed by atoms with Gasteiger partial charge in [-0.15, -0.1) is 0 Å². The third-order valence-corrected chi connectivity index (χ3v) is 3.35. The third kappa shape index (κ3) is 4.88. The molecule has 5 heteroatoms. The molecule has 2 N–H and O–H groups in total. The van der Waals surface area contributed by atoms with Gasteiger partial charge in [0.25, 0.3) is 0 Å². The number of carbonyl (C=O) groups is 1. The Labute approximate surface area is 91.8 Å². The Morgan fingerprint density at radius 2 is 2.15 bits per heavy atom. The van der Waals surface area contributed by atoms with Gasteiger partial charge in [0.05, 0.1) is 11.4 Å². The quantitative estimate of drug-likeness (QED) is 0.733. The van der Waals surface area contributed by atoms with E-state index in [9.17, 15) is 4.79 Å². The smallest absolute Gasteiger partial charge is 0.233 e. The predicted molar refractivity (Wildman–Crippen MR) is 60.4 cm³/mol. The Kier molecular flexibility index (Phi) is 6.81. The number of aliphatic hydroxyl groups is 1. The summed E-state index contributed by atoms with van der Waals surface area (Å²) in [6, 6.07) is -0.00694. The predicted octanol–water partition coefficient (Wildman–Crippen LogP) is 0.998. The first-order valence-corrected chi connectivity index (χ1v) is 6.31. The van der Waals surface area contributed by atoms with Crippen LogP contribution in [-0.4, -0.2) is 40.0 Å². The zero-order valence-electron chi connectivity index (χ0n) is 8.08. The summed E-state index contributed by atoms with van der Waals surface area (Å²) in [5, 5.41) is 11.8. The van der Waals surface area contributed by atoms with Gasteiger partial charge in [-0.05, 0) is 20.1 Å². The van der Waals surface area contributed by atoms with Crippen LogP contribution in [0.2, 0.25) is 0 Å². The molecule has 0 bridgehead atoms. The molecule has 0 aliphatic rings. The van der Waals surface area contributed by atoms with Crippen molar-refractivity contribution in [2.24, 2.45) is 0 Å². The first-order chi connectivity index (χ1) is 6.02. The van der Waals surface area contributed by atoms with Gasteiger partial charge in [-0.1, -0.05) is 15.9 Å². The largest absolute Gasteiger partial charge is 0.395 e. The molecule has 3 nitrogen and oxygen atoms in total. The van der Waals surface area contributed by atoms with Gasteiger partial charge in [-0.25, -0.2) is 0 Å². The van der Waals surface area contributed by atoms with Crippen molar-refractivity contribution in [2.45, 2.75) is 30.0 Å². The van der Waals surface area contributed by atoms with E-state index in [1.807, 2.05) is 13.2 Å². The lowest BCUT2D eigenvalue weighted by atomic mass is 10.2. The second-order valence-corrected chi connectivity index (χ2v) is 5.32. The number of hydrogen-bond donors (Lipinski definition) is 2. The van der Waals surface area contributed by atoms with E-state index in [0.717, 1.165) is 0 Å². The summed E-state index contributed by atoms with van der Waals surface area (Å²) in [4.78, 5) is 11.1. The summed E-state index contributed by atoms with van der Waals surface area (Å²) in [6.45, 7) is 3.75. The summed E-state index contributed by atoms with van der Waals surface area (Å²) >= 11 is 4.73. The molecule has 3 unspecified atom stereocenters. The zero-order valence-corrected chi connectivity index (χ0v) is 10.5. The van der Waals surface area contributed by atoms with Crippen molar-refractivity contribution >= 4 is 33.6 Å². The summed E-state index contributed by atoms with van der Waals surface area (Å²) < 4.78 is 0. The molecule has 0 aliphatic carbocycles. The molecule has 0 saturated carbocycles. The number of aliphatic hydroxyl groups excluding tert-OH is 1. The lowest BCUT2D eigenvalue weighted by Crippen LogP contribution is -2.43. The van der Waals surface area contributed by atoms with Gasteiger partial charge in [0.15, 0.2) is 0 Å². The lowest BCUT2D eigenvalue weighted by Gasteiger charge is -2.21. The monoisotopic (exact) mass is 269 g/mol. The highest BCUT2D eigenvalue weighted by molar-refractivity contribution is 9.10. The number of amides is 1. The molecular formula is C8H16BrNO2S. The molecule has 0 aromatic rings. The maximum Gasteiger partial charge on any atom is 0.233 e. The van der Waals surface area contributed by atoms with Crippen LogP contribution in [0.25, 0.3) is 0 Å². The number of rotatable bonds is 5. The van der Waals surface area contributed by atoms with Crippen LogP contribution in [0.3, 0.4) is 0 Å². The minimum atomic E-state index is -0.184. The Hall–Kier alpha value is 0.260. The van der Waals surface area contributed by atoms with E-state index in [4.69, 9.17) is 5.11 Å². The van der Waals surface area contributed by atoms with Crippen LogP contribution in [0, 0.1) is 0 Å². The summed E-state index contributed by atoms with van der Waals surface area (Å²) in [6.07, 6.45) is 1.92. The summed E-state index contributed by atoms with van der Waals surface area (Å²) in [5.41, 5.74) is 0. The highest BCUT2D eigenvalue weighted by Gasteiger charge is 2.18. The van der Waals surface area contributed by atoms with E-state index in [0.29, 0.717) is 0 Å². The molecule has 1 amide bonds. The first-order valence-electron chi connectivity index (χ1n) is 4.11. The molecule has 0 radical (unpaired) electrons. The average molecular weight is 270 g/mol. The first kappa shape index (κ1) is 13.3. The molecule has 0 rings (SSSR count). The van der Waals surface area contributed by atoms with Crippen molar-refractivity contribution < 1.29 is 9.90 Å². The van der Waals surface area contributed by atoms with E-state index >= 15 is 0 Å². The highest BCUT2D eigenvalue weighted by Crippen LogP contribution is 2.10. The van der Waals surface area contributed by atoms with Crippen LogP contribution < -0.4 is 5.32 Å². The molecule has 78 valence electrons. The van der Waals surface area contributed by atoms with E-state index in [-0.39, 0.29) is 28.6 Å². The van der Waals surface area contributed by atoms with Crippen LogP contribution >= 0.6 is 27.7 Å². The van der Waals surface area contributed by atoms with Crippen molar-refractivity contribution in [1.29, 1.82) is 0 Å². The Morgan fingerprint density at radius 3 is 2.46 bits per heavy atom. The van der Waals surface area contributed by atoms with Crippen LogP contribution in [0.15, 0.2) is 0 Å². The molecule has 0 fully saturated rings. The van der Waals surface area contributed by atoms with Crippen molar-refractivity contribution in [3.63, 3.8) is 0 Å². The van der Waals surface area contributed by atoms with Gasteiger partial charge >= 0.3 is 0 Å². The maximum absolute atomic E-state index is 11.2. The average Bonchev–Trinajstić information content (AvgIpc) is 2.06. The van der Waals surface area contributed by atoms with Gasteiger partial charge in [0, 0.05) is 11.3 Å². The molecule has 0 aromatic carbocycles. The van der Waals surface area contributed by atoms with Gasteiger partial charge in [-0.3, -0.25) is 4.79 Å². The molecule has 0 heterocycles. The van der Waals surface area contributed by atoms with E-state index in [1.54, 1.807) is 18.7 Å². The van der Waals surface area contributed by atoms with Crippen LogP contribution in [0.5, 0.6) is 0 Å². The number of hydrogen-bond acceptors (Lipinski definition) is 3. The normalized spacial score (nSPS) is 17.6. The molecular weight excluding hydrogens is 254 g/mol. The van der Waals surface area contributed by atoms with Crippen LogP contribution in [0.4, 0.5) is 0 Å². The second-order valence-electron chi connectivity index (χ2n) is 2.87. The van der Waals surface area contributed by atoms with Gasteiger partial charge in [-0.2, -0.15) is 11.8 Å². The standard InChI is InChI=1S/C8H16BrNO2S/c1-5(9)8(12)10-6(2)7(4-11)13-3/h5-7,11H,4H2,1-3H3,(H,10,12). The fourth-order valence-corrected chi connectivity index (χ4v) is 1.63. The number of thioether (sulfide) groups is 1. The molecule has 0 aliphatic heterocycles. The van der Waals surface area contributed by atoms with Gasteiger partial charge < -0.3 is 10.4 Å². The Morgan fingerprint density at radius 1 is 1.62 bits per heavy atom. The van der Waals surface area contributed by atoms with Crippen LogP contribution in [-0.2, 0) is 4.79 Å². The summed E-state index contributed by atoms with van der Waals surface area (Å²) in [7, 11) is 0. The molecule has 0 saturated heterocycles. The van der Waals surface area contributed by atoms with E-state index < -0.39 is 0 Å². The van der Waals surface area contributed by atoms with Gasteiger partial charge in [0.1, 0.15) is 0 Å². The third-order valence-electron chi connectivity index (χ3n) is 1.77. The zero-order chi connectivity index (χ0) is 10.4. The number of nitrogens with one attached hydrogen (secondary N) is 1. The fraction of sp³-hybridized carbons (Fsp3) is 0.875. The number of alkyl halides is 1. The highest BCUT2D eigenvalue weighted by atomic mass is 79.9. The molecule has 13 heavy (non-hydrogen) atoms. The van der Waals surface area contributed by atoms with Crippen molar-refractivity contribution in [3.8, 4) is 0 Å². The minimum Gasteiger partial charge on any atom is -0.395 e. The number of halogens is 1. The number of carbonyl (C=O) groups excluding carboxylic acids is 1. The van der Waals surface area contributed by atoms with E-state index in [2.05, 4.69) is 21.2 Å². The second kappa shape index (κ2) is 6.68. The Bertz CT molecular complexity index is 162.